The molecule has 0 heterocycles. The Morgan fingerprint density at radius 2 is 1.31 bits per heavy atom. The third-order valence-electron chi connectivity index (χ3n) is 1.17. The molecule has 0 saturated heterocycles. The molecule has 0 saturated carbocycles. The lowest BCUT2D eigenvalue weighted by Gasteiger charge is -2.04. The third-order valence-corrected chi connectivity index (χ3v) is 2.29. The molecule has 0 aromatic heterocycles. The highest BCUT2D eigenvalue weighted by Crippen LogP contribution is 2.25. The SMILES string of the molecule is CC.CC.O=S(c1ccccc1)C(F)(F)F. The summed E-state index contributed by atoms with van der Waals surface area (Å²) in [7, 11) is -2.90. The molecule has 0 fully saturated rings. The van der Waals surface area contributed by atoms with Gasteiger partial charge in [-0.25, -0.2) is 4.21 Å². The lowest BCUT2D eigenvalue weighted by atomic mass is 10.4. The summed E-state index contributed by atoms with van der Waals surface area (Å²) in [4.78, 5) is -0.218. The van der Waals surface area contributed by atoms with Gasteiger partial charge in [-0.2, -0.15) is 13.2 Å². The monoisotopic (exact) mass is 254 g/mol. The number of rotatable bonds is 1. The number of benzene rings is 1. The van der Waals surface area contributed by atoms with Crippen molar-refractivity contribution >= 4 is 10.8 Å². The smallest absolute Gasteiger partial charge is 0.245 e. The second-order valence-electron chi connectivity index (χ2n) is 2.03. The topological polar surface area (TPSA) is 17.1 Å². The van der Waals surface area contributed by atoms with Crippen molar-refractivity contribution in [3.63, 3.8) is 0 Å². The fraction of sp³-hybridized carbons (Fsp3) is 0.455. The average molecular weight is 254 g/mol. The van der Waals surface area contributed by atoms with Gasteiger partial charge in [0.2, 0.25) is 0 Å². The van der Waals surface area contributed by atoms with Gasteiger partial charge in [0, 0.05) is 4.90 Å². The lowest BCUT2D eigenvalue weighted by Crippen LogP contribution is -2.15. The van der Waals surface area contributed by atoms with Crippen LogP contribution in [-0.4, -0.2) is 9.72 Å². The van der Waals surface area contributed by atoms with Crippen molar-refractivity contribution in [3.8, 4) is 0 Å². The van der Waals surface area contributed by atoms with E-state index in [2.05, 4.69) is 0 Å². The molecule has 0 aliphatic rings. The van der Waals surface area contributed by atoms with E-state index in [0.29, 0.717) is 0 Å². The van der Waals surface area contributed by atoms with Crippen molar-refractivity contribution in [2.45, 2.75) is 38.1 Å². The van der Waals surface area contributed by atoms with Crippen LogP contribution in [0.2, 0.25) is 0 Å². The van der Waals surface area contributed by atoms with Crippen LogP contribution in [0, 0.1) is 0 Å². The molecule has 1 nitrogen and oxygen atoms in total. The highest BCUT2D eigenvalue weighted by Gasteiger charge is 2.37. The molecule has 1 rings (SSSR count). The van der Waals surface area contributed by atoms with E-state index in [0.717, 1.165) is 0 Å². The summed E-state index contributed by atoms with van der Waals surface area (Å²) in [6.07, 6.45) is 0. The average Bonchev–Trinajstić information content (AvgIpc) is 2.33. The predicted molar refractivity (Wildman–Crippen MR) is 61.6 cm³/mol. The number of halogens is 3. The molecule has 5 heteroatoms. The number of alkyl halides is 3. The van der Waals surface area contributed by atoms with Gasteiger partial charge in [0.25, 0.3) is 0 Å². The van der Waals surface area contributed by atoms with Crippen LogP contribution in [0.25, 0.3) is 0 Å². The Hall–Kier alpha value is -0.840. The zero-order valence-corrected chi connectivity index (χ0v) is 10.7. The van der Waals surface area contributed by atoms with Crippen LogP contribution in [-0.2, 0) is 10.8 Å². The van der Waals surface area contributed by atoms with Crippen LogP contribution < -0.4 is 0 Å². The summed E-state index contributed by atoms with van der Waals surface area (Å²) in [5.74, 6) is 0. The summed E-state index contributed by atoms with van der Waals surface area (Å²) in [6, 6.07) is 6.77. The van der Waals surface area contributed by atoms with Crippen LogP contribution in [0.4, 0.5) is 13.2 Å². The van der Waals surface area contributed by atoms with E-state index >= 15 is 0 Å². The fourth-order valence-electron chi connectivity index (χ4n) is 0.678. The zero-order chi connectivity index (χ0) is 13.2. The Morgan fingerprint density at radius 3 is 1.62 bits per heavy atom. The van der Waals surface area contributed by atoms with E-state index in [1.807, 2.05) is 27.7 Å². The van der Waals surface area contributed by atoms with Gasteiger partial charge in [-0.3, -0.25) is 0 Å². The van der Waals surface area contributed by atoms with E-state index in [9.17, 15) is 17.4 Å². The summed E-state index contributed by atoms with van der Waals surface area (Å²) in [6.45, 7) is 8.00. The van der Waals surface area contributed by atoms with Gasteiger partial charge in [0.1, 0.15) is 0 Å². The van der Waals surface area contributed by atoms with E-state index in [1.54, 1.807) is 6.07 Å². The van der Waals surface area contributed by atoms with E-state index in [4.69, 9.17) is 0 Å². The van der Waals surface area contributed by atoms with E-state index < -0.39 is 16.3 Å². The molecule has 1 unspecified atom stereocenters. The van der Waals surface area contributed by atoms with Gasteiger partial charge in [-0.15, -0.1) is 0 Å². The summed E-state index contributed by atoms with van der Waals surface area (Å²) in [5, 5.41) is 0. The Kier molecular flexibility index (Phi) is 10.3. The molecule has 0 aliphatic heterocycles. The third kappa shape index (κ3) is 6.61. The Morgan fingerprint density at radius 1 is 0.938 bits per heavy atom. The molecule has 16 heavy (non-hydrogen) atoms. The van der Waals surface area contributed by atoms with Gasteiger partial charge >= 0.3 is 5.51 Å². The molecule has 0 radical (unpaired) electrons. The first-order valence-electron chi connectivity index (χ1n) is 5.05. The molecule has 94 valence electrons. The standard InChI is InChI=1S/C7H5F3OS.2C2H6/c8-7(9,10)12(11)6-4-2-1-3-5-6;2*1-2/h1-5H;2*1-2H3. The van der Waals surface area contributed by atoms with Crippen molar-refractivity contribution in [3.05, 3.63) is 30.3 Å². The second kappa shape index (κ2) is 9.39. The van der Waals surface area contributed by atoms with Crippen molar-refractivity contribution in [2.75, 3.05) is 0 Å². The first-order valence-corrected chi connectivity index (χ1v) is 6.20. The first-order chi connectivity index (χ1) is 7.52. The molecular weight excluding hydrogens is 237 g/mol. The first kappa shape index (κ1) is 17.6. The maximum Gasteiger partial charge on any atom is 0.475 e. The van der Waals surface area contributed by atoms with Crippen molar-refractivity contribution < 1.29 is 17.4 Å². The minimum Gasteiger partial charge on any atom is -0.245 e. The molecule has 0 amide bonds. The quantitative estimate of drug-likeness (QED) is 0.727. The fourth-order valence-corrected chi connectivity index (χ4v) is 1.35. The zero-order valence-electron chi connectivity index (χ0n) is 9.84. The van der Waals surface area contributed by atoms with Crippen LogP contribution in [0.1, 0.15) is 27.7 Å². The molecular formula is C11H17F3OS. The van der Waals surface area contributed by atoms with Crippen molar-refractivity contribution in [1.29, 1.82) is 0 Å². The van der Waals surface area contributed by atoms with Crippen molar-refractivity contribution in [1.82, 2.24) is 0 Å². The van der Waals surface area contributed by atoms with Gasteiger partial charge < -0.3 is 0 Å². The van der Waals surface area contributed by atoms with Gasteiger partial charge in [0.05, 0.1) is 0 Å². The van der Waals surface area contributed by atoms with Gasteiger partial charge in [-0.05, 0) is 12.1 Å². The van der Waals surface area contributed by atoms with Gasteiger partial charge in [-0.1, -0.05) is 45.9 Å². The second-order valence-corrected chi connectivity index (χ2v) is 3.50. The summed E-state index contributed by atoms with van der Waals surface area (Å²) < 4.78 is 46.2. The Balaban J connectivity index is 0. The minimum atomic E-state index is -4.67. The summed E-state index contributed by atoms with van der Waals surface area (Å²) in [5.41, 5.74) is -4.67. The number of hydrogen-bond donors (Lipinski definition) is 0. The summed E-state index contributed by atoms with van der Waals surface area (Å²) >= 11 is 0. The van der Waals surface area contributed by atoms with Crippen LogP contribution in [0.3, 0.4) is 0 Å². The van der Waals surface area contributed by atoms with Crippen LogP contribution in [0.5, 0.6) is 0 Å². The van der Waals surface area contributed by atoms with E-state index in [1.165, 1.54) is 24.3 Å². The maximum atomic E-state index is 11.8. The Labute approximate surface area is 97.1 Å². The molecule has 0 N–H and O–H groups in total. The van der Waals surface area contributed by atoms with Gasteiger partial charge in [0.15, 0.2) is 10.8 Å². The molecule has 1 aromatic carbocycles. The van der Waals surface area contributed by atoms with Crippen molar-refractivity contribution in [2.24, 2.45) is 0 Å². The molecule has 1 atom stereocenters. The Bertz CT molecular complexity index is 283. The molecule has 0 spiro atoms. The molecule has 1 aromatic rings. The minimum absolute atomic E-state index is 0.218. The normalized spacial score (nSPS) is 11.4. The highest BCUT2D eigenvalue weighted by atomic mass is 32.2. The van der Waals surface area contributed by atoms with Crippen LogP contribution >= 0.6 is 0 Å². The maximum absolute atomic E-state index is 11.8. The molecule has 0 aliphatic carbocycles. The highest BCUT2D eigenvalue weighted by molar-refractivity contribution is 7.86. The lowest BCUT2D eigenvalue weighted by molar-refractivity contribution is -0.0384. The molecule has 0 bridgehead atoms. The largest absolute Gasteiger partial charge is 0.475 e. The predicted octanol–water partition coefficient (Wildman–Crippen LogP) is 4.37. The number of hydrogen-bond acceptors (Lipinski definition) is 1. The van der Waals surface area contributed by atoms with Crippen LogP contribution in [0.15, 0.2) is 35.2 Å². The van der Waals surface area contributed by atoms with E-state index in [-0.39, 0.29) is 4.90 Å².